The summed E-state index contributed by atoms with van der Waals surface area (Å²) in [6.45, 7) is 2.09. The fourth-order valence-corrected chi connectivity index (χ4v) is 0.300. The fourth-order valence-electron chi connectivity index (χ4n) is 0.300. The molecule has 0 aromatic rings. The maximum absolute atomic E-state index is 8.89. The van der Waals surface area contributed by atoms with Crippen molar-refractivity contribution in [2.45, 2.75) is 6.92 Å². The molecule has 0 aromatic heterocycles. The summed E-state index contributed by atoms with van der Waals surface area (Å²) in [5, 5.41) is 17.3. The zero-order chi connectivity index (χ0) is 9.49. The zero-order valence-electron chi connectivity index (χ0n) is 8.03. The molecule has 0 unspecified atom stereocenters. The number of carboxylic acids is 1. The molecule has 0 rings (SSSR count). The number of carbonyl (C=O) groups is 1. The third-order valence-electron chi connectivity index (χ3n) is 0.771. The molecular formula is C7H18ClNO3. The van der Waals surface area contributed by atoms with Gasteiger partial charge < -0.3 is 19.5 Å². The number of carboxylic acid groups (broad SMARTS) is 1. The van der Waals surface area contributed by atoms with Crippen LogP contribution in [0.25, 0.3) is 0 Å². The standard InChI is InChI=1S/C5H14NO.C2H4O2.ClH/c1-6(2,3)4-5-7;1-2(3)4;/h7H,4-5H2,1-3H3;1H3,(H,3,4);1H/q+1;;/p-1. The Morgan fingerprint density at radius 3 is 1.67 bits per heavy atom. The molecule has 0 spiro atoms. The number of halogens is 1. The van der Waals surface area contributed by atoms with Crippen LogP contribution in [0.15, 0.2) is 0 Å². The topological polar surface area (TPSA) is 60.4 Å². The molecule has 0 heterocycles. The zero-order valence-corrected chi connectivity index (χ0v) is 8.85. The number of nitrogens with zero attached hydrogens (tertiary/aromatic N) is 1. The molecule has 0 atom stereocenters. The summed E-state index contributed by atoms with van der Waals surface area (Å²) in [5.41, 5.74) is 0. The van der Waals surface area contributed by atoms with Gasteiger partial charge in [0.15, 0.2) is 0 Å². The van der Waals surface area contributed by atoms with E-state index in [1.807, 2.05) is 0 Å². The number of quaternary nitrogens is 1. The minimum Gasteiger partial charge on any atom is -0.550 e. The van der Waals surface area contributed by atoms with Crippen LogP contribution < -0.4 is 5.11 Å². The second kappa shape index (κ2) is 8.77. The summed E-state index contributed by atoms with van der Waals surface area (Å²) in [4.78, 5) is 8.89. The van der Waals surface area contributed by atoms with E-state index < -0.39 is 5.97 Å². The van der Waals surface area contributed by atoms with E-state index in [0.717, 1.165) is 18.0 Å². The van der Waals surface area contributed by atoms with Gasteiger partial charge in [-0.2, -0.15) is 0 Å². The average molecular weight is 200 g/mol. The predicted molar refractivity (Wildman–Crippen MR) is 47.9 cm³/mol. The Morgan fingerprint density at radius 1 is 1.42 bits per heavy atom. The highest BCUT2D eigenvalue weighted by Crippen LogP contribution is 1.84. The molecule has 0 saturated carbocycles. The lowest BCUT2D eigenvalue weighted by atomic mass is 10.5. The summed E-state index contributed by atoms with van der Waals surface area (Å²) in [7, 11) is 6.16. The molecule has 76 valence electrons. The van der Waals surface area contributed by atoms with Gasteiger partial charge in [0.1, 0.15) is 6.54 Å². The lowest BCUT2D eigenvalue weighted by Crippen LogP contribution is -2.36. The molecule has 0 aromatic carbocycles. The highest BCUT2D eigenvalue weighted by molar-refractivity contribution is 5.85. The minimum atomic E-state index is -1.08. The quantitative estimate of drug-likeness (QED) is 0.573. The van der Waals surface area contributed by atoms with Crippen LogP contribution in [0.4, 0.5) is 0 Å². The van der Waals surface area contributed by atoms with Gasteiger partial charge in [0.05, 0.1) is 27.7 Å². The smallest absolute Gasteiger partial charge is 0.101 e. The van der Waals surface area contributed by atoms with Crippen molar-refractivity contribution in [2.24, 2.45) is 0 Å². The number of likely N-dealkylation sites (N-methyl/N-ethyl adjacent to an activating group) is 1. The van der Waals surface area contributed by atoms with Crippen molar-refractivity contribution in [3.8, 4) is 0 Å². The van der Waals surface area contributed by atoms with E-state index in [2.05, 4.69) is 21.1 Å². The van der Waals surface area contributed by atoms with Crippen molar-refractivity contribution in [3.05, 3.63) is 0 Å². The molecule has 0 aliphatic heterocycles. The van der Waals surface area contributed by atoms with Crippen molar-refractivity contribution in [1.29, 1.82) is 0 Å². The van der Waals surface area contributed by atoms with E-state index in [-0.39, 0.29) is 19.0 Å². The fraction of sp³-hybridized carbons (Fsp3) is 0.857. The van der Waals surface area contributed by atoms with Crippen molar-refractivity contribution in [3.63, 3.8) is 0 Å². The van der Waals surface area contributed by atoms with Gasteiger partial charge in [0.2, 0.25) is 0 Å². The second-order valence-electron chi connectivity index (χ2n) is 3.23. The third-order valence-corrected chi connectivity index (χ3v) is 0.771. The summed E-state index contributed by atoms with van der Waals surface area (Å²) in [6, 6.07) is 0. The van der Waals surface area contributed by atoms with Crippen LogP contribution in [0.3, 0.4) is 0 Å². The molecule has 0 fully saturated rings. The van der Waals surface area contributed by atoms with E-state index >= 15 is 0 Å². The number of aliphatic hydroxyl groups excluding tert-OH is 1. The minimum absolute atomic E-state index is 0. The molecular weight excluding hydrogens is 182 g/mol. The highest BCUT2D eigenvalue weighted by atomic mass is 35.5. The van der Waals surface area contributed by atoms with Gasteiger partial charge >= 0.3 is 0 Å². The molecule has 12 heavy (non-hydrogen) atoms. The van der Waals surface area contributed by atoms with E-state index in [1.165, 1.54) is 0 Å². The molecule has 0 amide bonds. The van der Waals surface area contributed by atoms with Crippen LogP contribution >= 0.6 is 12.4 Å². The molecule has 0 saturated heterocycles. The summed E-state index contributed by atoms with van der Waals surface area (Å²) in [6.07, 6.45) is 0. The average Bonchev–Trinajstić information content (AvgIpc) is 1.58. The molecule has 1 N–H and O–H groups in total. The van der Waals surface area contributed by atoms with Crippen molar-refractivity contribution in [1.82, 2.24) is 0 Å². The number of aliphatic carboxylic acids is 1. The summed E-state index contributed by atoms with van der Waals surface area (Å²) in [5.74, 6) is -1.08. The monoisotopic (exact) mass is 199 g/mol. The Bertz CT molecular complexity index is 108. The van der Waals surface area contributed by atoms with Gasteiger partial charge in [-0.3, -0.25) is 0 Å². The van der Waals surface area contributed by atoms with Crippen LogP contribution in [0.1, 0.15) is 6.92 Å². The van der Waals surface area contributed by atoms with E-state index in [0.29, 0.717) is 0 Å². The highest BCUT2D eigenvalue weighted by Gasteiger charge is 2.02. The lowest BCUT2D eigenvalue weighted by Gasteiger charge is -2.21. The Labute approximate surface area is 79.8 Å². The van der Waals surface area contributed by atoms with Crippen molar-refractivity contribution in [2.75, 3.05) is 34.3 Å². The first kappa shape index (κ1) is 17.7. The Morgan fingerprint density at radius 2 is 1.67 bits per heavy atom. The van der Waals surface area contributed by atoms with Crippen LogP contribution in [0, 0.1) is 0 Å². The van der Waals surface area contributed by atoms with Gasteiger partial charge in [-0.25, -0.2) is 0 Å². The number of rotatable bonds is 2. The van der Waals surface area contributed by atoms with E-state index in [4.69, 9.17) is 15.0 Å². The molecule has 4 nitrogen and oxygen atoms in total. The van der Waals surface area contributed by atoms with Crippen LogP contribution in [0.2, 0.25) is 0 Å². The summed E-state index contributed by atoms with van der Waals surface area (Å²) >= 11 is 0. The summed E-state index contributed by atoms with van der Waals surface area (Å²) < 4.78 is 0.844. The van der Waals surface area contributed by atoms with Crippen LogP contribution in [0.5, 0.6) is 0 Å². The first-order valence-electron chi connectivity index (χ1n) is 3.38. The molecule has 5 heteroatoms. The molecule has 0 aliphatic carbocycles. The van der Waals surface area contributed by atoms with Gasteiger partial charge in [-0.05, 0) is 6.92 Å². The van der Waals surface area contributed by atoms with Gasteiger partial charge in [0.25, 0.3) is 0 Å². The number of hydrogen-bond donors (Lipinski definition) is 1. The Hall–Kier alpha value is -0.320. The first-order chi connectivity index (χ1) is 4.79. The molecule has 0 aliphatic rings. The molecule has 0 radical (unpaired) electrons. The first-order valence-corrected chi connectivity index (χ1v) is 3.38. The maximum atomic E-state index is 8.89. The largest absolute Gasteiger partial charge is 0.550 e. The van der Waals surface area contributed by atoms with Crippen LogP contribution in [-0.2, 0) is 4.79 Å². The maximum Gasteiger partial charge on any atom is 0.101 e. The Balaban J connectivity index is -0.000000142. The van der Waals surface area contributed by atoms with Crippen molar-refractivity contribution < 1.29 is 19.5 Å². The van der Waals surface area contributed by atoms with E-state index in [9.17, 15) is 0 Å². The van der Waals surface area contributed by atoms with Gasteiger partial charge in [-0.1, -0.05) is 0 Å². The van der Waals surface area contributed by atoms with Crippen LogP contribution in [-0.4, -0.2) is 49.9 Å². The van der Waals surface area contributed by atoms with Crippen molar-refractivity contribution >= 4 is 18.4 Å². The number of aliphatic hydroxyl groups is 1. The second-order valence-corrected chi connectivity index (χ2v) is 3.23. The number of hydrogen-bond acceptors (Lipinski definition) is 3. The van der Waals surface area contributed by atoms with E-state index in [1.54, 1.807) is 0 Å². The SMILES string of the molecule is CC(=O)[O-].C[N+](C)(C)CCO.Cl. The number of carbonyl (C=O) groups excluding carboxylic acids is 1. The Kier molecular flexibility index (Phi) is 12.9. The van der Waals surface area contributed by atoms with Gasteiger partial charge in [0, 0.05) is 5.97 Å². The lowest BCUT2D eigenvalue weighted by molar-refractivity contribution is -0.870. The molecule has 0 bridgehead atoms. The predicted octanol–water partition coefficient (Wildman–Crippen LogP) is -1.14. The normalized spacial score (nSPS) is 9.08. The third kappa shape index (κ3) is 53.9. The van der Waals surface area contributed by atoms with Gasteiger partial charge in [-0.15, -0.1) is 12.4 Å².